The Bertz CT molecular complexity index is 306. The molecule has 4 atom stereocenters. The van der Waals surface area contributed by atoms with Gasteiger partial charge in [0.25, 0.3) is 0 Å². The lowest BCUT2D eigenvalue weighted by molar-refractivity contribution is -0.111. The molecule has 0 aliphatic heterocycles. The van der Waals surface area contributed by atoms with E-state index in [1.807, 2.05) is 0 Å². The fourth-order valence-corrected chi connectivity index (χ4v) is 0.947. The summed E-state index contributed by atoms with van der Waals surface area (Å²) in [6.45, 7) is 1.28. The van der Waals surface area contributed by atoms with Crippen LogP contribution < -0.4 is 0 Å². The molecule has 9 nitrogen and oxygen atoms in total. The highest BCUT2D eigenvalue weighted by Crippen LogP contribution is 2.11. The first kappa shape index (κ1) is 13.2. The summed E-state index contributed by atoms with van der Waals surface area (Å²) in [4.78, 5) is 15.2. The summed E-state index contributed by atoms with van der Waals surface area (Å²) < 4.78 is 0. The van der Waals surface area contributed by atoms with Crippen molar-refractivity contribution in [2.45, 2.75) is 31.2 Å². The predicted molar refractivity (Wildman–Crippen MR) is 49.6 cm³/mol. The molecule has 0 saturated heterocycles. The Labute approximate surface area is 84.6 Å². The molecular formula is C6H10N6O3. The maximum atomic E-state index is 10.4. The van der Waals surface area contributed by atoms with E-state index in [0.717, 1.165) is 0 Å². The Balaban J connectivity index is 4.88. The van der Waals surface area contributed by atoms with Gasteiger partial charge in [-0.05, 0) is 18.0 Å². The second-order valence-electron chi connectivity index (χ2n) is 2.76. The Hall–Kier alpha value is -1.79. The van der Waals surface area contributed by atoms with Crippen molar-refractivity contribution in [1.29, 1.82) is 0 Å². The van der Waals surface area contributed by atoms with E-state index in [0.29, 0.717) is 0 Å². The van der Waals surface area contributed by atoms with Crippen LogP contribution in [0.25, 0.3) is 20.9 Å². The van der Waals surface area contributed by atoms with Gasteiger partial charge in [0.2, 0.25) is 0 Å². The highest BCUT2D eigenvalue weighted by molar-refractivity contribution is 5.59. The lowest BCUT2D eigenvalue weighted by Crippen LogP contribution is -2.41. The van der Waals surface area contributed by atoms with Crippen LogP contribution in [0.4, 0.5) is 0 Å². The number of hydrogen-bond donors (Lipinski definition) is 2. The van der Waals surface area contributed by atoms with Crippen molar-refractivity contribution in [3.8, 4) is 0 Å². The molecule has 9 heteroatoms. The number of aliphatic hydroxyl groups excluding tert-OH is 2. The maximum Gasteiger partial charge on any atom is 0.131 e. The van der Waals surface area contributed by atoms with Gasteiger partial charge in [-0.25, -0.2) is 0 Å². The van der Waals surface area contributed by atoms with E-state index in [9.17, 15) is 9.90 Å². The lowest BCUT2D eigenvalue weighted by atomic mass is 10.0. The third kappa shape index (κ3) is 3.84. The Morgan fingerprint density at radius 1 is 1.27 bits per heavy atom. The van der Waals surface area contributed by atoms with Crippen molar-refractivity contribution in [2.24, 2.45) is 10.2 Å². The Morgan fingerprint density at radius 2 is 1.80 bits per heavy atom. The van der Waals surface area contributed by atoms with Crippen molar-refractivity contribution in [3.05, 3.63) is 20.9 Å². The van der Waals surface area contributed by atoms with E-state index in [-0.39, 0.29) is 6.29 Å². The molecule has 0 amide bonds. The van der Waals surface area contributed by atoms with E-state index in [1.165, 1.54) is 6.92 Å². The molecule has 0 aromatic rings. The zero-order valence-corrected chi connectivity index (χ0v) is 7.87. The molecule has 82 valence electrons. The SMILES string of the molecule is C[C@@H](O)[C@H](N=[N+]=[N-])[C@H](O)[C@H](C=O)N=[N+]=[N-]. The zero-order valence-electron chi connectivity index (χ0n) is 7.87. The number of carbonyl (C=O) groups is 1. The lowest BCUT2D eigenvalue weighted by Gasteiger charge is -2.22. The van der Waals surface area contributed by atoms with Crippen molar-refractivity contribution in [1.82, 2.24) is 0 Å². The molecule has 2 N–H and O–H groups in total. The highest BCUT2D eigenvalue weighted by atomic mass is 16.3. The van der Waals surface area contributed by atoms with Crippen LogP contribution >= 0.6 is 0 Å². The molecule has 0 radical (unpaired) electrons. The second kappa shape index (κ2) is 6.63. The van der Waals surface area contributed by atoms with Gasteiger partial charge in [0, 0.05) is 9.82 Å². The van der Waals surface area contributed by atoms with Gasteiger partial charge < -0.3 is 15.0 Å². The maximum absolute atomic E-state index is 10.4. The molecule has 0 fully saturated rings. The largest absolute Gasteiger partial charge is 0.393 e. The minimum atomic E-state index is -1.55. The number of nitrogens with zero attached hydrogens (tertiary/aromatic N) is 6. The van der Waals surface area contributed by atoms with Gasteiger partial charge in [0.05, 0.1) is 18.2 Å². The molecule has 0 heterocycles. The van der Waals surface area contributed by atoms with Crippen LogP contribution in [0.5, 0.6) is 0 Å². The van der Waals surface area contributed by atoms with Crippen molar-refractivity contribution >= 4 is 6.29 Å². The van der Waals surface area contributed by atoms with Gasteiger partial charge in [0.15, 0.2) is 0 Å². The van der Waals surface area contributed by atoms with Crippen LogP contribution in [0, 0.1) is 0 Å². The standard InChI is InChI=1S/C6H10N6O3/c1-3(14)5(10-12-8)6(15)4(2-13)9-11-7/h2-6,14-15H,1H3/t3-,4+,5+,6-/m1/s1. The smallest absolute Gasteiger partial charge is 0.131 e. The first-order chi connectivity index (χ1) is 7.08. The van der Waals surface area contributed by atoms with E-state index in [2.05, 4.69) is 20.1 Å². The number of azide groups is 2. The van der Waals surface area contributed by atoms with Crippen molar-refractivity contribution < 1.29 is 15.0 Å². The average molecular weight is 214 g/mol. The van der Waals surface area contributed by atoms with Crippen molar-refractivity contribution in [2.75, 3.05) is 0 Å². The van der Waals surface area contributed by atoms with Crippen LogP contribution in [0.15, 0.2) is 10.2 Å². The molecule has 15 heavy (non-hydrogen) atoms. The van der Waals surface area contributed by atoms with Gasteiger partial charge >= 0.3 is 0 Å². The Morgan fingerprint density at radius 3 is 2.13 bits per heavy atom. The number of aldehydes is 1. The van der Waals surface area contributed by atoms with Gasteiger partial charge in [-0.2, -0.15) is 0 Å². The predicted octanol–water partition coefficient (Wildman–Crippen LogP) is 0.285. The summed E-state index contributed by atoms with van der Waals surface area (Å²) in [5.74, 6) is 0. The molecule has 0 aliphatic carbocycles. The third-order valence-corrected chi connectivity index (χ3v) is 1.70. The number of rotatable bonds is 6. The van der Waals surface area contributed by atoms with E-state index in [1.54, 1.807) is 0 Å². The van der Waals surface area contributed by atoms with E-state index < -0.39 is 24.3 Å². The van der Waals surface area contributed by atoms with Crippen LogP contribution in [0.1, 0.15) is 6.92 Å². The molecule has 0 bridgehead atoms. The number of aliphatic hydroxyl groups is 2. The molecule has 0 aromatic carbocycles. The van der Waals surface area contributed by atoms with Gasteiger partial charge in [0.1, 0.15) is 12.3 Å². The van der Waals surface area contributed by atoms with Crippen LogP contribution in [-0.2, 0) is 4.79 Å². The number of hydrogen-bond acceptors (Lipinski definition) is 5. The summed E-state index contributed by atoms with van der Waals surface area (Å²) in [6.07, 6.45) is -2.49. The monoisotopic (exact) mass is 214 g/mol. The molecule has 0 aliphatic rings. The van der Waals surface area contributed by atoms with E-state index >= 15 is 0 Å². The first-order valence-corrected chi connectivity index (χ1v) is 3.98. The fraction of sp³-hybridized carbons (Fsp3) is 0.833. The Kier molecular flexibility index (Phi) is 5.84. The fourth-order valence-electron chi connectivity index (χ4n) is 0.947. The molecule has 0 saturated carbocycles. The molecule has 0 aromatic heterocycles. The summed E-state index contributed by atoms with van der Waals surface area (Å²) in [5, 5.41) is 24.7. The summed E-state index contributed by atoms with van der Waals surface area (Å²) in [7, 11) is 0. The molecule has 0 spiro atoms. The average Bonchev–Trinajstić information content (AvgIpc) is 2.21. The quantitative estimate of drug-likeness (QED) is 0.282. The summed E-state index contributed by atoms with van der Waals surface area (Å²) >= 11 is 0. The van der Waals surface area contributed by atoms with Crippen LogP contribution in [-0.4, -0.2) is 40.8 Å². The minimum Gasteiger partial charge on any atom is -0.393 e. The normalized spacial score (nSPS) is 17.5. The van der Waals surface area contributed by atoms with Gasteiger partial charge in [-0.1, -0.05) is 10.2 Å². The summed E-state index contributed by atoms with van der Waals surface area (Å²) in [5.41, 5.74) is 16.3. The third-order valence-electron chi connectivity index (χ3n) is 1.70. The highest BCUT2D eigenvalue weighted by Gasteiger charge is 2.29. The van der Waals surface area contributed by atoms with Crippen LogP contribution in [0.3, 0.4) is 0 Å². The number of carbonyl (C=O) groups excluding carboxylic acids is 1. The summed E-state index contributed by atoms with van der Waals surface area (Å²) in [6, 6.07) is -2.63. The first-order valence-electron chi connectivity index (χ1n) is 3.98. The second-order valence-corrected chi connectivity index (χ2v) is 2.76. The molecular weight excluding hydrogens is 204 g/mol. The van der Waals surface area contributed by atoms with Gasteiger partial charge in [-0.15, -0.1) is 0 Å². The molecule has 0 unspecified atom stereocenters. The van der Waals surface area contributed by atoms with Crippen molar-refractivity contribution in [3.63, 3.8) is 0 Å². The van der Waals surface area contributed by atoms with Crippen LogP contribution in [0.2, 0.25) is 0 Å². The zero-order chi connectivity index (χ0) is 11.8. The van der Waals surface area contributed by atoms with E-state index in [4.69, 9.17) is 16.2 Å². The minimum absolute atomic E-state index is 0.215. The topological polar surface area (TPSA) is 155 Å². The van der Waals surface area contributed by atoms with Gasteiger partial charge in [-0.3, -0.25) is 0 Å². The molecule has 0 rings (SSSR count).